The number of carboxylic acids is 1. The molecule has 3 rings (SSSR count). The topological polar surface area (TPSA) is 104 Å². The summed E-state index contributed by atoms with van der Waals surface area (Å²) < 4.78 is 26.7. The Bertz CT molecular complexity index is 774. The lowest BCUT2D eigenvalue weighted by molar-refractivity contribution is -0.152. The molecule has 1 aromatic carbocycles. The summed E-state index contributed by atoms with van der Waals surface area (Å²) in [6, 6.07) is 8.94. The molecule has 142 valence electrons. The molecule has 1 aromatic rings. The summed E-state index contributed by atoms with van der Waals surface area (Å²) in [4.78, 5) is 24.0. The fourth-order valence-corrected chi connectivity index (χ4v) is 5.16. The highest BCUT2D eigenvalue weighted by molar-refractivity contribution is 7.88. The molecule has 1 aliphatic carbocycles. The molecule has 0 radical (unpaired) electrons. The van der Waals surface area contributed by atoms with Crippen LogP contribution in [0.1, 0.15) is 37.7 Å². The largest absolute Gasteiger partial charge is 0.480 e. The van der Waals surface area contributed by atoms with Crippen molar-refractivity contribution in [3.63, 3.8) is 0 Å². The minimum Gasteiger partial charge on any atom is -0.480 e. The molecule has 2 fully saturated rings. The van der Waals surface area contributed by atoms with Crippen LogP contribution in [0.15, 0.2) is 30.3 Å². The molecular weight excluding hydrogens is 356 g/mol. The molecule has 1 amide bonds. The van der Waals surface area contributed by atoms with Gasteiger partial charge in [-0.1, -0.05) is 30.3 Å². The molecule has 0 bridgehead atoms. The molecule has 1 saturated heterocycles. The number of carboxylic acid groups (broad SMARTS) is 1. The van der Waals surface area contributed by atoms with Gasteiger partial charge in [0.1, 0.15) is 5.54 Å². The Morgan fingerprint density at radius 2 is 1.88 bits per heavy atom. The molecular formula is C18H24N2O5S. The second-order valence-electron chi connectivity index (χ2n) is 7.17. The monoisotopic (exact) mass is 380 g/mol. The maximum atomic E-state index is 12.7. The number of nitrogens with one attached hydrogen (secondary N) is 1. The van der Waals surface area contributed by atoms with Crippen molar-refractivity contribution in [1.29, 1.82) is 0 Å². The van der Waals surface area contributed by atoms with E-state index in [9.17, 15) is 23.1 Å². The second-order valence-corrected chi connectivity index (χ2v) is 9.14. The highest BCUT2D eigenvalue weighted by atomic mass is 32.2. The number of carbonyl (C=O) groups excluding carboxylic acids is 1. The third-order valence-electron chi connectivity index (χ3n) is 5.32. The smallest absolute Gasteiger partial charge is 0.329 e. The lowest BCUT2D eigenvalue weighted by Crippen LogP contribution is -2.61. The summed E-state index contributed by atoms with van der Waals surface area (Å²) in [6.07, 6.45) is 2.79. The summed E-state index contributed by atoms with van der Waals surface area (Å²) in [6.45, 7) is 0.500. The Morgan fingerprint density at radius 3 is 2.46 bits per heavy atom. The van der Waals surface area contributed by atoms with Gasteiger partial charge in [0, 0.05) is 13.1 Å². The van der Waals surface area contributed by atoms with Crippen LogP contribution >= 0.6 is 0 Å². The van der Waals surface area contributed by atoms with Gasteiger partial charge in [0.25, 0.3) is 0 Å². The van der Waals surface area contributed by atoms with Crippen molar-refractivity contribution in [1.82, 2.24) is 9.62 Å². The Hall–Kier alpha value is -1.93. The number of piperidine rings is 1. The number of aliphatic carboxylic acids is 1. The maximum Gasteiger partial charge on any atom is 0.329 e. The molecule has 7 nitrogen and oxygen atoms in total. The molecule has 26 heavy (non-hydrogen) atoms. The third-order valence-corrected chi connectivity index (χ3v) is 7.14. The number of rotatable bonds is 6. The Kier molecular flexibility index (Phi) is 5.34. The van der Waals surface area contributed by atoms with E-state index in [1.165, 1.54) is 4.31 Å². The lowest BCUT2D eigenvalue weighted by Gasteiger charge is -2.40. The maximum absolute atomic E-state index is 12.7. The van der Waals surface area contributed by atoms with Crippen LogP contribution < -0.4 is 5.32 Å². The molecule has 2 N–H and O–H groups in total. The first-order valence-corrected chi connectivity index (χ1v) is 10.5. The van der Waals surface area contributed by atoms with Crippen molar-refractivity contribution < 1.29 is 23.1 Å². The van der Waals surface area contributed by atoms with Crippen molar-refractivity contribution in [2.75, 3.05) is 13.1 Å². The van der Waals surface area contributed by atoms with Crippen molar-refractivity contribution in [3.8, 4) is 0 Å². The number of benzene rings is 1. The zero-order chi connectivity index (χ0) is 18.8. The van der Waals surface area contributed by atoms with Gasteiger partial charge in [-0.05, 0) is 37.7 Å². The molecule has 8 heteroatoms. The predicted molar refractivity (Wildman–Crippen MR) is 95.7 cm³/mol. The van der Waals surface area contributed by atoms with E-state index in [-0.39, 0.29) is 18.2 Å². The molecule has 1 heterocycles. The number of carbonyl (C=O) groups is 2. The number of nitrogens with zero attached hydrogens (tertiary/aromatic N) is 1. The standard InChI is InChI=1S/C18H24N2O5S/c21-16(19-18(17(22)23)9-5-10-18)15-8-4-11-20(12-15)26(24,25)13-14-6-2-1-3-7-14/h1-3,6-7,15H,4-5,8-13H2,(H,19,21)(H,22,23). The molecule has 0 aromatic heterocycles. The van der Waals surface area contributed by atoms with Crippen LogP contribution in [0.2, 0.25) is 0 Å². The van der Waals surface area contributed by atoms with E-state index in [1.807, 2.05) is 6.07 Å². The second kappa shape index (κ2) is 7.36. The fourth-order valence-electron chi connectivity index (χ4n) is 3.55. The van der Waals surface area contributed by atoms with Crippen molar-refractivity contribution in [2.45, 2.75) is 43.4 Å². The van der Waals surface area contributed by atoms with Crippen LogP contribution in [0.25, 0.3) is 0 Å². The SMILES string of the molecule is O=C(NC1(C(=O)O)CCC1)C1CCCN(S(=O)(=O)Cc2ccccc2)C1. The average Bonchev–Trinajstić information content (AvgIpc) is 2.58. The van der Waals surface area contributed by atoms with Gasteiger partial charge in [-0.3, -0.25) is 4.79 Å². The van der Waals surface area contributed by atoms with Gasteiger partial charge in [-0.2, -0.15) is 0 Å². The average molecular weight is 380 g/mol. The highest BCUT2D eigenvalue weighted by Gasteiger charge is 2.47. The highest BCUT2D eigenvalue weighted by Crippen LogP contribution is 2.33. The van der Waals surface area contributed by atoms with Crippen molar-refractivity contribution >= 4 is 21.9 Å². The van der Waals surface area contributed by atoms with E-state index < -0.39 is 27.4 Å². The minimum absolute atomic E-state index is 0.0960. The van der Waals surface area contributed by atoms with Crippen LogP contribution in [0.4, 0.5) is 0 Å². The van der Waals surface area contributed by atoms with Crippen LogP contribution in [-0.2, 0) is 25.4 Å². The Balaban J connectivity index is 1.65. The number of hydrogen-bond acceptors (Lipinski definition) is 4. The number of hydrogen-bond donors (Lipinski definition) is 2. The van der Waals surface area contributed by atoms with Gasteiger partial charge in [0.2, 0.25) is 15.9 Å². The van der Waals surface area contributed by atoms with E-state index in [2.05, 4.69) is 5.32 Å². The van der Waals surface area contributed by atoms with Crippen LogP contribution in [0.5, 0.6) is 0 Å². The predicted octanol–water partition coefficient (Wildman–Crippen LogP) is 1.35. The van der Waals surface area contributed by atoms with Gasteiger partial charge in [-0.15, -0.1) is 0 Å². The fraction of sp³-hybridized carbons (Fsp3) is 0.556. The van der Waals surface area contributed by atoms with Crippen molar-refractivity contribution in [2.24, 2.45) is 5.92 Å². The first kappa shape index (κ1) is 18.8. The summed E-state index contributed by atoms with van der Waals surface area (Å²) in [5, 5.41) is 12.0. The van der Waals surface area contributed by atoms with E-state index >= 15 is 0 Å². The molecule has 0 spiro atoms. The summed E-state index contributed by atoms with van der Waals surface area (Å²) in [5.74, 6) is -1.97. The quantitative estimate of drug-likeness (QED) is 0.775. The van der Waals surface area contributed by atoms with E-state index in [1.54, 1.807) is 24.3 Å². The van der Waals surface area contributed by atoms with E-state index in [4.69, 9.17) is 0 Å². The molecule has 2 aliphatic rings. The summed E-state index contributed by atoms with van der Waals surface area (Å²) in [7, 11) is -3.52. The van der Waals surface area contributed by atoms with Gasteiger partial charge >= 0.3 is 5.97 Å². The van der Waals surface area contributed by atoms with E-state index in [0.717, 1.165) is 6.42 Å². The van der Waals surface area contributed by atoms with Gasteiger partial charge in [0.05, 0.1) is 11.7 Å². The molecule has 1 aliphatic heterocycles. The van der Waals surface area contributed by atoms with Crippen LogP contribution in [-0.4, -0.2) is 48.3 Å². The summed E-state index contributed by atoms with van der Waals surface area (Å²) >= 11 is 0. The summed E-state index contributed by atoms with van der Waals surface area (Å²) in [5.41, 5.74) is -0.458. The Labute approximate surface area is 153 Å². The minimum atomic E-state index is -3.52. The first-order chi connectivity index (χ1) is 12.3. The van der Waals surface area contributed by atoms with Gasteiger partial charge in [-0.25, -0.2) is 17.5 Å². The molecule has 1 unspecified atom stereocenters. The lowest BCUT2D eigenvalue weighted by atomic mass is 9.76. The molecule has 1 atom stereocenters. The zero-order valence-corrected chi connectivity index (χ0v) is 15.4. The normalized spacial score (nSPS) is 23.0. The van der Waals surface area contributed by atoms with Crippen LogP contribution in [0.3, 0.4) is 0 Å². The van der Waals surface area contributed by atoms with Gasteiger partial charge < -0.3 is 10.4 Å². The first-order valence-electron chi connectivity index (χ1n) is 8.90. The van der Waals surface area contributed by atoms with Crippen molar-refractivity contribution in [3.05, 3.63) is 35.9 Å². The Morgan fingerprint density at radius 1 is 1.19 bits per heavy atom. The molecule has 1 saturated carbocycles. The third kappa shape index (κ3) is 3.91. The van der Waals surface area contributed by atoms with Crippen LogP contribution in [0, 0.1) is 5.92 Å². The van der Waals surface area contributed by atoms with E-state index in [0.29, 0.717) is 37.8 Å². The zero-order valence-electron chi connectivity index (χ0n) is 14.6. The number of sulfonamides is 1. The van der Waals surface area contributed by atoms with Gasteiger partial charge in [0.15, 0.2) is 0 Å². The number of amides is 1.